The van der Waals surface area contributed by atoms with Crippen LogP contribution in [0.3, 0.4) is 0 Å². The van der Waals surface area contributed by atoms with E-state index in [-0.39, 0.29) is 138 Å². The third-order valence-corrected chi connectivity index (χ3v) is 8.08. The van der Waals surface area contributed by atoms with Crippen molar-refractivity contribution in [1.29, 1.82) is 0 Å². The van der Waals surface area contributed by atoms with Crippen LogP contribution in [0.25, 0.3) is 11.4 Å². The molecule has 6 rings (SSSR count). The Morgan fingerprint density at radius 2 is 1.05 bits per heavy atom. The molecule has 0 saturated heterocycles. The summed E-state index contributed by atoms with van der Waals surface area (Å²) >= 11 is 0. The van der Waals surface area contributed by atoms with Gasteiger partial charge in [-0.05, 0) is 48.5 Å². The number of phenols is 2. The first-order chi connectivity index (χ1) is 25.5. The Balaban J connectivity index is 0.000000377. The second-order valence-electron chi connectivity index (χ2n) is 10.9. The van der Waals surface area contributed by atoms with E-state index >= 15 is 0 Å². The summed E-state index contributed by atoms with van der Waals surface area (Å²) in [7, 11) is -4.38. The normalized spacial score (nSPS) is 10.9. The van der Waals surface area contributed by atoms with Crippen molar-refractivity contribution >= 4 is 44.2 Å². The van der Waals surface area contributed by atoms with Crippen LogP contribution in [0.2, 0.25) is 0 Å². The molecule has 0 saturated carbocycles. The standard InChI is InChI=1S/C16H12N5O7S.C16H12N5O4.Cr.2Na/c1-9-15(18-17-13-8-11(21(24)25)4-7-14(13)22)16(23)20(19-9)10-2-5-12(6-3-10)29(26,27)28;1-10-15(16(23)20(19-10)11-5-3-2-4-6-11)18-17-13-9-12(21(24)25)7-8-14(13)22;;;/h2-8,22H,1H3,(H,26,27,28);2-9,22H,1H3;;;/q2*-1;;2*+1. The number of hydrogen-bond acceptors (Lipinski definition) is 16. The first-order valence-corrected chi connectivity index (χ1v) is 16.4. The van der Waals surface area contributed by atoms with E-state index in [0.29, 0.717) is 11.4 Å². The maximum atomic E-state index is 12.6. The van der Waals surface area contributed by atoms with Crippen molar-refractivity contribution in [3.63, 3.8) is 0 Å². The smallest absolute Gasteiger partial charge is 0.506 e. The van der Waals surface area contributed by atoms with Crippen LogP contribution in [0.5, 0.6) is 11.5 Å². The van der Waals surface area contributed by atoms with E-state index in [4.69, 9.17) is 4.55 Å². The van der Waals surface area contributed by atoms with Crippen molar-refractivity contribution in [2.75, 3.05) is 0 Å². The summed E-state index contributed by atoms with van der Waals surface area (Å²) in [6.07, 6.45) is 0. The molecule has 0 spiro atoms. The van der Waals surface area contributed by atoms with Crippen LogP contribution in [0.4, 0.5) is 34.1 Å². The Labute approximate surface area is 375 Å². The van der Waals surface area contributed by atoms with Crippen LogP contribution in [0, 0.1) is 34.1 Å². The number of phenolic OH excluding ortho intramolecular Hbond substituents is 2. The van der Waals surface area contributed by atoms with Gasteiger partial charge < -0.3 is 30.0 Å². The van der Waals surface area contributed by atoms with Crippen LogP contribution >= 0.6 is 0 Å². The molecule has 0 atom stereocenters. The molecule has 0 amide bonds. The van der Waals surface area contributed by atoms with Crippen molar-refractivity contribution in [3.05, 3.63) is 143 Å². The first-order valence-electron chi connectivity index (χ1n) is 15.0. The van der Waals surface area contributed by atoms with Crippen LogP contribution in [0.15, 0.2) is 126 Å². The van der Waals surface area contributed by atoms with Gasteiger partial charge in [0.1, 0.15) is 34.0 Å². The summed E-state index contributed by atoms with van der Waals surface area (Å²) in [5, 5.41) is 64.3. The van der Waals surface area contributed by atoms with Crippen LogP contribution < -0.4 is 70.2 Å². The third-order valence-electron chi connectivity index (χ3n) is 7.21. The molecule has 3 N–H and O–H groups in total. The third kappa shape index (κ3) is 11.5. The quantitative estimate of drug-likeness (QED) is 0.0426. The molecule has 0 radical (unpaired) electrons. The van der Waals surface area contributed by atoms with Gasteiger partial charge in [-0.3, -0.25) is 24.8 Å². The fraction of sp³-hybridized carbons (Fsp3) is 0.0625. The van der Waals surface area contributed by atoms with Gasteiger partial charge in [-0.1, -0.05) is 43.4 Å². The molecule has 0 unspecified atom stereocenters. The van der Waals surface area contributed by atoms with E-state index in [2.05, 4.69) is 30.7 Å². The fourth-order valence-corrected chi connectivity index (χ4v) is 5.00. The summed E-state index contributed by atoms with van der Waals surface area (Å²) in [6.45, 7) is 3.08. The number of aryl methyl sites for hydroxylation is 2. The van der Waals surface area contributed by atoms with Crippen molar-refractivity contribution in [1.82, 2.24) is 19.6 Å². The van der Waals surface area contributed by atoms with Crippen molar-refractivity contribution in [2.45, 2.75) is 18.7 Å². The Hall–Kier alpha value is -5.06. The maximum absolute atomic E-state index is 12.6. The average molecular weight is 855 g/mol. The van der Waals surface area contributed by atoms with Gasteiger partial charge in [0, 0.05) is 41.6 Å². The number of nitro groups is 2. The predicted octanol–water partition coefficient (Wildman–Crippen LogP) is -0.170. The van der Waals surface area contributed by atoms with Crippen molar-refractivity contribution in [2.24, 2.45) is 20.5 Å². The van der Waals surface area contributed by atoms with E-state index in [0.717, 1.165) is 53.2 Å². The maximum Gasteiger partial charge on any atom is 1.00 e. The van der Waals surface area contributed by atoms with Crippen LogP contribution in [-0.2, 0) is 27.5 Å². The Morgan fingerprint density at radius 3 is 1.42 bits per heavy atom. The molecule has 57 heavy (non-hydrogen) atoms. The summed E-state index contributed by atoms with van der Waals surface area (Å²) < 4.78 is 33.3. The largest absolute Gasteiger partial charge is 1.00 e. The number of aromatic nitrogens is 4. The van der Waals surface area contributed by atoms with Gasteiger partial charge in [0.05, 0.1) is 26.1 Å². The molecule has 4 aromatic carbocycles. The second kappa shape index (κ2) is 20.4. The SMILES string of the molecule is Cc1nn(-c2ccc(S(=O)(=O)O)cc2)c(=O)[c-]1N=Nc1cc([N+](=O)[O-])ccc1O.Cc1nn(-c2ccccc2)c(=O)[c-]1N=Nc1cc([N+](=O)[O-])ccc1O.[Cr].[Na+].[Na+]. The molecule has 0 aliphatic carbocycles. The molecule has 2 aromatic heterocycles. The van der Waals surface area contributed by atoms with Crippen LogP contribution in [0.1, 0.15) is 11.4 Å². The van der Waals surface area contributed by atoms with Gasteiger partial charge in [0.2, 0.25) is 0 Å². The van der Waals surface area contributed by atoms with Gasteiger partial charge >= 0.3 is 59.1 Å². The topological polar surface area (TPSA) is 300 Å². The number of azo groups is 2. The molecule has 25 heteroatoms. The minimum absolute atomic E-state index is 0. The first kappa shape index (κ1) is 48.1. The molecule has 0 aliphatic heterocycles. The fourth-order valence-electron chi connectivity index (χ4n) is 4.52. The molecule has 0 bridgehead atoms. The van der Waals surface area contributed by atoms with E-state index in [9.17, 15) is 48.4 Å². The number of para-hydroxylation sites is 1. The number of non-ortho nitro benzene ring substituents is 2. The predicted molar refractivity (Wildman–Crippen MR) is 188 cm³/mol. The Kier molecular flexibility index (Phi) is 17.2. The summed E-state index contributed by atoms with van der Waals surface area (Å²) in [5.74, 6) is -0.646. The van der Waals surface area contributed by atoms with Gasteiger partial charge in [-0.15, -0.1) is 11.4 Å². The summed E-state index contributed by atoms with van der Waals surface area (Å²) in [4.78, 5) is 45.0. The molecule has 2 heterocycles. The Morgan fingerprint density at radius 1 is 0.667 bits per heavy atom. The van der Waals surface area contributed by atoms with Crippen LogP contribution in [-0.4, -0.2) is 52.6 Å². The number of benzene rings is 4. The minimum atomic E-state index is -4.38. The number of aromatic hydroxyl groups is 2. The number of nitro benzene ring substituents is 2. The molecular weight excluding hydrogens is 830 g/mol. The zero-order chi connectivity index (χ0) is 39.3. The monoisotopic (exact) mass is 854 g/mol. The van der Waals surface area contributed by atoms with Gasteiger partial charge in [0.15, 0.2) is 0 Å². The molecule has 282 valence electrons. The van der Waals surface area contributed by atoms with E-state index in [1.54, 1.807) is 31.2 Å². The molecule has 21 nitrogen and oxygen atoms in total. The molecule has 0 aliphatic rings. The van der Waals surface area contributed by atoms with E-state index < -0.39 is 31.1 Å². The number of nitrogens with zero attached hydrogens (tertiary/aromatic N) is 10. The zero-order valence-electron chi connectivity index (χ0n) is 30.1. The average Bonchev–Trinajstić information content (AvgIpc) is 3.59. The zero-order valence-corrected chi connectivity index (χ0v) is 36.1. The minimum Gasteiger partial charge on any atom is -0.506 e. The second-order valence-corrected chi connectivity index (χ2v) is 12.3. The number of rotatable bonds is 9. The van der Waals surface area contributed by atoms with E-state index in [1.807, 2.05) is 6.07 Å². The van der Waals surface area contributed by atoms with E-state index in [1.165, 1.54) is 23.7 Å². The van der Waals surface area contributed by atoms with Gasteiger partial charge in [-0.2, -0.15) is 18.6 Å². The number of hydrogen-bond donors (Lipinski definition) is 3. The van der Waals surface area contributed by atoms with Gasteiger partial charge in [-0.25, -0.2) is 19.6 Å². The molecular formula is C32H24CrN10Na2O11S. The van der Waals surface area contributed by atoms with Gasteiger partial charge in [0.25, 0.3) is 21.5 Å². The van der Waals surface area contributed by atoms with Crippen molar-refractivity contribution in [3.8, 4) is 22.9 Å². The molecule has 0 fully saturated rings. The summed E-state index contributed by atoms with van der Waals surface area (Å²) in [5.41, 5.74) is -0.886. The summed E-state index contributed by atoms with van der Waals surface area (Å²) in [6, 6.07) is 20.1. The molecule has 6 aromatic rings. The van der Waals surface area contributed by atoms with Crippen molar-refractivity contribution < 1.29 is 110 Å². The Bertz CT molecular complexity index is 2700.